The maximum Gasteiger partial charge on any atom is 0.125 e. The number of aromatic nitrogens is 13. The van der Waals surface area contributed by atoms with Gasteiger partial charge in [-0.1, -0.05) is 132 Å². The predicted molar refractivity (Wildman–Crippen MR) is 591 cm³/mol. The highest BCUT2D eigenvalue weighted by atomic mass is 15.1. The summed E-state index contributed by atoms with van der Waals surface area (Å²) in [7, 11) is 0. The average Bonchev–Trinajstić information content (AvgIpc) is 1.68. The first-order valence-corrected chi connectivity index (χ1v) is 50.9. The fourth-order valence-electron chi connectivity index (χ4n) is 21.5. The van der Waals surface area contributed by atoms with Crippen molar-refractivity contribution in [1.82, 2.24) is 65.0 Å². The van der Waals surface area contributed by atoms with E-state index in [1.54, 1.807) is 0 Å². The smallest absolute Gasteiger partial charge is 0.125 e. The van der Waals surface area contributed by atoms with Crippen LogP contribution in [0.5, 0.6) is 0 Å². The van der Waals surface area contributed by atoms with E-state index in [4.69, 9.17) is 9.97 Å². The third-order valence-corrected chi connectivity index (χ3v) is 30.6. The molecule has 13 nitrogen and oxygen atoms in total. The van der Waals surface area contributed by atoms with Crippen molar-refractivity contribution >= 4 is 0 Å². The zero-order valence-electron chi connectivity index (χ0n) is 89.2. The Hall–Kier alpha value is -15.0. The Balaban J connectivity index is 0.000000103. The van der Waals surface area contributed by atoms with Gasteiger partial charge in [0.2, 0.25) is 0 Å². The van der Waals surface area contributed by atoms with Crippen LogP contribution >= 0.6 is 0 Å². The minimum absolute atomic E-state index is 0.861. The van der Waals surface area contributed by atoms with Crippen LogP contribution in [0.1, 0.15) is 252 Å². The zero-order valence-corrected chi connectivity index (χ0v) is 89.2. The third-order valence-electron chi connectivity index (χ3n) is 30.6. The van der Waals surface area contributed by atoms with Crippen molar-refractivity contribution in [2.45, 2.75) is 245 Å². The standard InChI is InChI=1S/5C15H15N.4C14H14N2/c1-9-4-12-7-13-6-11(3)16-8-15(13)14(12)5-10(9)2;1-9-4-13-7-12-5-10(2)11(3)6-14(12)15(13)16-8-9;1-9-6-12-8-15-13(5-4-11(3)16-15)14(12)7-10(9)2;1-9-4-5-14-12(6-9)8-13-7-10(2)11(3)16-15(13)14;1-9-4-5-13-12(6-9)8-15-14(13)7-10(2)11(3)16-15;1-8-4-11-6-14-13(7-15-10(3)16-14)12(11)5-9(8)2;1-8-4-11-6-13-14(12(11)5-9(8)2)15-7-10(3)16-13;1-8-4-11-7-12-6-10(3)15-16-14(12)13(11)5-9(8)2;1-8-4-11-6-12-5-9(2)10(3)16-14(12)13(11)15-7-8/h2*4-6,8H,7H2,1-3H3;3*4-7H,8H2,1-3H3;2*4-5,7H,6H2,1-3H3;4-6H,7H2,1-3H3;4-5,7H,6H2,1-3H3. The molecule has 0 aliphatic heterocycles. The van der Waals surface area contributed by atoms with Crippen molar-refractivity contribution in [2.24, 2.45) is 0 Å². The summed E-state index contributed by atoms with van der Waals surface area (Å²) in [4.78, 5) is 50.1. The summed E-state index contributed by atoms with van der Waals surface area (Å²) in [5.41, 5.74) is 79.6. The molecule has 10 heterocycles. The van der Waals surface area contributed by atoms with Gasteiger partial charge in [0.1, 0.15) is 5.82 Å². The molecule has 0 amide bonds. The number of fused-ring (bicyclic) bond motifs is 27. The van der Waals surface area contributed by atoms with E-state index in [1.807, 2.05) is 51.8 Å². The van der Waals surface area contributed by atoms with E-state index < -0.39 is 0 Å². The Bertz CT molecular complexity index is 6780. The highest BCUT2D eigenvalue weighted by molar-refractivity contribution is 5.83. The Morgan fingerprint density at radius 1 is 0.153 bits per heavy atom. The number of aryl methyl sites for hydroxylation is 27. The summed E-state index contributed by atoms with van der Waals surface area (Å²) < 4.78 is 0. The quantitative estimate of drug-likeness (QED) is 0.141. The van der Waals surface area contributed by atoms with E-state index in [0.717, 1.165) is 132 Å². The van der Waals surface area contributed by atoms with Gasteiger partial charge in [0.05, 0.1) is 68.3 Å². The van der Waals surface area contributed by atoms with Gasteiger partial charge in [-0.2, -0.15) is 5.10 Å². The maximum absolute atomic E-state index is 4.72. The molecule has 9 aliphatic rings. The van der Waals surface area contributed by atoms with Gasteiger partial charge in [0, 0.05) is 155 Å². The lowest BCUT2D eigenvalue weighted by molar-refractivity contribution is 0.975. The highest BCUT2D eigenvalue weighted by Gasteiger charge is 2.30. The second-order valence-electron chi connectivity index (χ2n) is 42.1. The number of pyridine rings is 7. The summed E-state index contributed by atoms with van der Waals surface area (Å²) in [5.74, 6) is 0.861. The van der Waals surface area contributed by atoms with Gasteiger partial charge in [-0.15, -0.1) is 5.10 Å². The first-order chi connectivity index (χ1) is 68.8. The molecule has 0 N–H and O–H groups in total. The molecule has 0 saturated carbocycles. The molecule has 0 fully saturated rings. The minimum Gasteiger partial charge on any atom is -0.261 e. The van der Waals surface area contributed by atoms with E-state index in [1.165, 1.54) is 279 Å². The van der Waals surface area contributed by atoms with E-state index in [9.17, 15) is 0 Å². The van der Waals surface area contributed by atoms with Crippen LogP contribution in [0.25, 0.3) is 101 Å². The molecule has 9 aliphatic carbocycles. The average molecular weight is 1890 g/mol. The van der Waals surface area contributed by atoms with Crippen LogP contribution in [0.4, 0.5) is 0 Å². The largest absolute Gasteiger partial charge is 0.261 e. The van der Waals surface area contributed by atoms with E-state index in [2.05, 4.69) is 385 Å². The second-order valence-corrected chi connectivity index (χ2v) is 42.1. The summed E-state index contributed by atoms with van der Waals surface area (Å²) in [6.45, 7) is 57.1. The monoisotopic (exact) mass is 1890 g/mol. The summed E-state index contributed by atoms with van der Waals surface area (Å²) in [6, 6.07) is 60.7. The molecule has 144 heavy (non-hydrogen) atoms. The number of rotatable bonds is 0. The van der Waals surface area contributed by atoms with E-state index in [-0.39, 0.29) is 0 Å². The third kappa shape index (κ3) is 20.0. The molecule has 720 valence electrons. The highest BCUT2D eigenvalue weighted by Crippen LogP contribution is 2.46. The molecule has 0 unspecified atom stereocenters. The molecule has 8 aromatic carbocycles. The summed E-state index contributed by atoms with van der Waals surface area (Å²) in [5, 5.41) is 8.47. The van der Waals surface area contributed by atoms with Crippen molar-refractivity contribution in [2.75, 3.05) is 0 Å². The molecule has 0 bridgehead atoms. The molecular weight excluding hydrogens is 1760 g/mol. The first kappa shape index (κ1) is 97.9. The van der Waals surface area contributed by atoms with Crippen LogP contribution in [0.3, 0.4) is 0 Å². The molecule has 18 aromatic rings. The van der Waals surface area contributed by atoms with E-state index in [0.29, 0.717) is 0 Å². The van der Waals surface area contributed by atoms with Crippen molar-refractivity contribution in [3.05, 3.63) is 447 Å². The summed E-state index contributed by atoms with van der Waals surface area (Å²) in [6.07, 6.45) is 18.7. The number of nitrogens with zero attached hydrogens (tertiary/aromatic N) is 13. The molecule has 0 radical (unpaired) electrons. The fourth-order valence-corrected chi connectivity index (χ4v) is 21.5. The lowest BCUT2D eigenvalue weighted by Crippen LogP contribution is -1.92. The van der Waals surface area contributed by atoms with Crippen LogP contribution in [-0.4, -0.2) is 65.0 Å². The van der Waals surface area contributed by atoms with Gasteiger partial charge >= 0.3 is 0 Å². The van der Waals surface area contributed by atoms with Gasteiger partial charge in [-0.3, -0.25) is 44.9 Å². The van der Waals surface area contributed by atoms with Crippen molar-refractivity contribution in [3.8, 4) is 101 Å². The Kier molecular flexibility index (Phi) is 27.0. The lowest BCUT2D eigenvalue weighted by Gasteiger charge is -2.05. The van der Waals surface area contributed by atoms with Crippen molar-refractivity contribution < 1.29 is 0 Å². The Morgan fingerprint density at radius 3 is 1.07 bits per heavy atom. The fraction of sp³-hybridized carbons (Fsp3) is 0.275. The van der Waals surface area contributed by atoms with Crippen LogP contribution in [0, 0.1) is 187 Å². The van der Waals surface area contributed by atoms with Crippen molar-refractivity contribution in [1.29, 1.82) is 0 Å². The maximum atomic E-state index is 4.72. The van der Waals surface area contributed by atoms with Crippen LogP contribution in [0.2, 0.25) is 0 Å². The minimum atomic E-state index is 0.861. The van der Waals surface area contributed by atoms with Gasteiger partial charge in [-0.25, -0.2) is 9.97 Å². The SMILES string of the molecule is Cc1cc2c(cn1)-c1cc(C)c(C)cc1C2.Cc1cc2c(nn1)-c1cc(C)c(C)cc1C2.Cc1ccc2c(c1)Cc1cc(C)c(C)nc1-2.Cc1ccc2c(c1)Cc1nc(C)c(C)cc1-2.Cc1ccc2c(n1)Cc1cc(C)c(C)cc1-2.Cc1cnc2c(c1)Cc1cc(C)c(C)cc1-2.Cc1cnc2c(c1)Cc1cc(C)c(C)nc1-2.Cc1cnc2c(n1)Cc1cc(C)c(C)cc1-2.Cc1ncc2c(n1)Cc1cc(C)c(C)cc1-2. The Morgan fingerprint density at radius 2 is 0.493 bits per heavy atom. The summed E-state index contributed by atoms with van der Waals surface area (Å²) >= 11 is 0. The number of hydrogen-bond donors (Lipinski definition) is 0. The Labute approximate surface area is 851 Å². The normalized spacial score (nSPS) is 12.4. The second kappa shape index (κ2) is 39.7. The van der Waals surface area contributed by atoms with Gasteiger partial charge < -0.3 is 0 Å². The topological polar surface area (TPSA) is 168 Å². The van der Waals surface area contributed by atoms with Crippen LogP contribution in [-0.2, 0) is 57.8 Å². The number of benzene rings is 8. The van der Waals surface area contributed by atoms with Crippen molar-refractivity contribution in [3.63, 3.8) is 0 Å². The van der Waals surface area contributed by atoms with Crippen LogP contribution in [0.15, 0.2) is 195 Å². The van der Waals surface area contributed by atoms with E-state index >= 15 is 0 Å². The molecule has 27 rings (SSSR count). The molecule has 0 saturated heterocycles. The number of hydrogen-bond acceptors (Lipinski definition) is 13. The predicted octanol–water partition coefficient (Wildman–Crippen LogP) is 29.8. The molecule has 0 atom stereocenters. The van der Waals surface area contributed by atoms with Gasteiger partial charge in [0.25, 0.3) is 0 Å². The molecule has 13 heteroatoms. The first-order valence-electron chi connectivity index (χ1n) is 50.9. The lowest BCUT2D eigenvalue weighted by atomic mass is 10.00. The van der Waals surface area contributed by atoms with Gasteiger partial charge in [0.15, 0.2) is 0 Å². The van der Waals surface area contributed by atoms with Gasteiger partial charge in [-0.05, 0) is 431 Å². The zero-order chi connectivity index (χ0) is 102. The molecule has 10 aromatic heterocycles. The molecule has 0 spiro atoms. The van der Waals surface area contributed by atoms with Crippen LogP contribution < -0.4 is 0 Å². The molecular formula is C131H131N13.